The Bertz CT molecular complexity index is 785. The van der Waals surface area contributed by atoms with Crippen molar-refractivity contribution in [2.24, 2.45) is 0 Å². The molecule has 1 atom stereocenters. The Kier molecular flexibility index (Phi) is 5.35. The molecule has 1 aliphatic carbocycles. The molecule has 0 saturated heterocycles. The van der Waals surface area contributed by atoms with Crippen molar-refractivity contribution in [1.82, 2.24) is 0 Å². The molecular formula is C21H22FNO3. The fourth-order valence-electron chi connectivity index (χ4n) is 3.47. The van der Waals surface area contributed by atoms with Gasteiger partial charge in [0, 0.05) is 5.69 Å². The SMILES string of the molecule is C[C@@H](OC(=O)C1(c2cccc(F)c2)CCCC1)C(=O)Nc1ccccc1. The molecule has 4 nitrogen and oxygen atoms in total. The first-order valence-corrected chi connectivity index (χ1v) is 8.84. The number of anilines is 1. The Morgan fingerprint density at radius 2 is 1.77 bits per heavy atom. The molecule has 0 aromatic heterocycles. The standard InChI is InChI=1S/C21H22FNO3/c1-15(19(24)23-18-10-3-2-4-11-18)26-20(25)21(12-5-6-13-21)16-8-7-9-17(22)14-16/h2-4,7-11,14-15H,5-6,12-13H2,1H3,(H,23,24)/t15-/m1/s1. The first-order chi connectivity index (χ1) is 12.5. The lowest BCUT2D eigenvalue weighted by atomic mass is 9.79. The largest absolute Gasteiger partial charge is 0.452 e. The summed E-state index contributed by atoms with van der Waals surface area (Å²) < 4.78 is 19.2. The number of halogens is 1. The highest BCUT2D eigenvalue weighted by molar-refractivity contribution is 5.96. The number of esters is 1. The van der Waals surface area contributed by atoms with E-state index in [1.165, 1.54) is 12.1 Å². The number of para-hydroxylation sites is 1. The van der Waals surface area contributed by atoms with Crippen LogP contribution < -0.4 is 5.32 Å². The molecule has 0 radical (unpaired) electrons. The molecule has 1 saturated carbocycles. The van der Waals surface area contributed by atoms with E-state index in [-0.39, 0.29) is 5.82 Å². The topological polar surface area (TPSA) is 55.4 Å². The van der Waals surface area contributed by atoms with Crippen LogP contribution in [0.1, 0.15) is 38.2 Å². The minimum Gasteiger partial charge on any atom is -0.452 e. The second-order valence-corrected chi connectivity index (χ2v) is 6.70. The van der Waals surface area contributed by atoms with E-state index in [1.54, 1.807) is 31.2 Å². The van der Waals surface area contributed by atoms with E-state index >= 15 is 0 Å². The normalized spacial score (nSPS) is 16.7. The summed E-state index contributed by atoms with van der Waals surface area (Å²) >= 11 is 0. The first-order valence-electron chi connectivity index (χ1n) is 8.84. The molecule has 2 aromatic carbocycles. The van der Waals surface area contributed by atoms with Gasteiger partial charge in [-0.15, -0.1) is 0 Å². The Morgan fingerprint density at radius 1 is 1.08 bits per heavy atom. The smallest absolute Gasteiger partial charge is 0.317 e. The highest BCUT2D eigenvalue weighted by atomic mass is 19.1. The summed E-state index contributed by atoms with van der Waals surface area (Å²) in [7, 11) is 0. The molecular weight excluding hydrogens is 333 g/mol. The number of hydrogen-bond donors (Lipinski definition) is 1. The number of nitrogens with one attached hydrogen (secondary N) is 1. The minimum atomic E-state index is -0.936. The van der Waals surface area contributed by atoms with Crippen molar-refractivity contribution in [3.05, 3.63) is 66.0 Å². The summed E-state index contributed by atoms with van der Waals surface area (Å²) in [5.41, 5.74) is 0.389. The summed E-state index contributed by atoms with van der Waals surface area (Å²) in [5.74, 6) is -1.23. The van der Waals surface area contributed by atoms with Gasteiger partial charge in [-0.1, -0.05) is 43.2 Å². The lowest BCUT2D eigenvalue weighted by molar-refractivity contribution is -0.159. The van der Waals surface area contributed by atoms with Crippen LogP contribution in [-0.2, 0) is 19.7 Å². The van der Waals surface area contributed by atoms with Gasteiger partial charge in [-0.2, -0.15) is 0 Å². The summed E-state index contributed by atoms with van der Waals surface area (Å²) in [6.45, 7) is 1.55. The second-order valence-electron chi connectivity index (χ2n) is 6.70. The van der Waals surface area contributed by atoms with Crippen LogP contribution in [0.5, 0.6) is 0 Å². The van der Waals surface area contributed by atoms with Crippen LogP contribution in [0.3, 0.4) is 0 Å². The molecule has 2 aromatic rings. The molecule has 26 heavy (non-hydrogen) atoms. The Hall–Kier alpha value is -2.69. The average molecular weight is 355 g/mol. The van der Waals surface area contributed by atoms with Crippen LogP contribution in [0, 0.1) is 5.82 Å². The summed E-state index contributed by atoms with van der Waals surface area (Å²) in [4.78, 5) is 25.2. The van der Waals surface area contributed by atoms with Gasteiger partial charge in [-0.05, 0) is 49.6 Å². The van der Waals surface area contributed by atoms with Gasteiger partial charge in [0.2, 0.25) is 0 Å². The molecule has 3 rings (SSSR count). The number of rotatable bonds is 5. The molecule has 1 N–H and O–H groups in total. The second kappa shape index (κ2) is 7.68. The number of hydrogen-bond acceptors (Lipinski definition) is 3. The Labute approximate surface area is 152 Å². The van der Waals surface area contributed by atoms with Crippen molar-refractivity contribution >= 4 is 17.6 Å². The van der Waals surface area contributed by atoms with E-state index in [4.69, 9.17) is 4.74 Å². The van der Waals surface area contributed by atoms with Crippen molar-refractivity contribution in [1.29, 1.82) is 0 Å². The third-order valence-electron chi connectivity index (χ3n) is 4.92. The van der Waals surface area contributed by atoms with Crippen LogP contribution in [0.4, 0.5) is 10.1 Å². The maximum atomic E-state index is 13.7. The van der Waals surface area contributed by atoms with E-state index in [0.717, 1.165) is 12.8 Å². The van der Waals surface area contributed by atoms with Crippen LogP contribution in [0.2, 0.25) is 0 Å². The molecule has 1 amide bonds. The van der Waals surface area contributed by atoms with Gasteiger partial charge < -0.3 is 10.1 Å². The number of benzene rings is 2. The molecule has 0 spiro atoms. The lowest BCUT2D eigenvalue weighted by Gasteiger charge is -2.28. The third kappa shape index (κ3) is 3.77. The molecule has 5 heteroatoms. The molecule has 1 fully saturated rings. The predicted molar refractivity (Wildman–Crippen MR) is 97.2 cm³/mol. The molecule has 136 valence electrons. The number of ether oxygens (including phenoxy) is 1. The van der Waals surface area contributed by atoms with Crippen molar-refractivity contribution in [3.8, 4) is 0 Å². The zero-order valence-corrected chi connectivity index (χ0v) is 14.7. The van der Waals surface area contributed by atoms with Crippen LogP contribution in [0.25, 0.3) is 0 Å². The fourth-order valence-corrected chi connectivity index (χ4v) is 3.47. The lowest BCUT2D eigenvalue weighted by Crippen LogP contribution is -2.40. The number of carbonyl (C=O) groups excluding carboxylic acids is 2. The van der Waals surface area contributed by atoms with E-state index in [1.807, 2.05) is 18.2 Å². The van der Waals surface area contributed by atoms with Gasteiger partial charge in [-0.25, -0.2) is 4.39 Å². The Morgan fingerprint density at radius 3 is 2.42 bits per heavy atom. The summed E-state index contributed by atoms with van der Waals surface area (Å²) in [6.07, 6.45) is 2.01. The zero-order valence-electron chi connectivity index (χ0n) is 14.7. The van der Waals surface area contributed by atoms with Gasteiger partial charge in [0.15, 0.2) is 6.10 Å². The number of carbonyl (C=O) groups is 2. The van der Waals surface area contributed by atoms with Gasteiger partial charge in [0.1, 0.15) is 5.82 Å². The molecule has 0 unspecified atom stereocenters. The van der Waals surface area contributed by atoms with Crippen molar-refractivity contribution in [2.45, 2.75) is 44.1 Å². The summed E-state index contributed by atoms with van der Waals surface area (Å²) in [5, 5.41) is 2.72. The number of amides is 1. The molecule has 0 heterocycles. The molecule has 0 bridgehead atoms. The molecule has 1 aliphatic rings. The first kappa shape index (κ1) is 18.1. The maximum Gasteiger partial charge on any atom is 0.317 e. The van der Waals surface area contributed by atoms with Crippen molar-refractivity contribution in [2.75, 3.05) is 5.32 Å². The van der Waals surface area contributed by atoms with Gasteiger partial charge in [-0.3, -0.25) is 9.59 Å². The van der Waals surface area contributed by atoms with E-state index in [0.29, 0.717) is 24.1 Å². The third-order valence-corrected chi connectivity index (χ3v) is 4.92. The van der Waals surface area contributed by atoms with Gasteiger partial charge in [0.05, 0.1) is 5.41 Å². The van der Waals surface area contributed by atoms with Crippen LogP contribution >= 0.6 is 0 Å². The zero-order chi connectivity index (χ0) is 18.6. The minimum absolute atomic E-state index is 0.378. The van der Waals surface area contributed by atoms with Crippen LogP contribution in [0.15, 0.2) is 54.6 Å². The van der Waals surface area contributed by atoms with E-state index in [9.17, 15) is 14.0 Å². The summed E-state index contributed by atoms with van der Waals surface area (Å²) in [6, 6.07) is 15.1. The van der Waals surface area contributed by atoms with E-state index in [2.05, 4.69) is 5.32 Å². The Balaban J connectivity index is 1.73. The average Bonchev–Trinajstić information content (AvgIpc) is 3.13. The van der Waals surface area contributed by atoms with E-state index < -0.39 is 23.4 Å². The quantitative estimate of drug-likeness (QED) is 0.818. The highest BCUT2D eigenvalue weighted by Crippen LogP contribution is 2.42. The highest BCUT2D eigenvalue weighted by Gasteiger charge is 2.45. The van der Waals surface area contributed by atoms with Crippen molar-refractivity contribution < 1.29 is 18.7 Å². The van der Waals surface area contributed by atoms with Gasteiger partial charge in [0.25, 0.3) is 5.91 Å². The monoisotopic (exact) mass is 355 g/mol. The van der Waals surface area contributed by atoms with Gasteiger partial charge >= 0.3 is 5.97 Å². The maximum absolute atomic E-state index is 13.7. The van der Waals surface area contributed by atoms with Crippen LogP contribution in [-0.4, -0.2) is 18.0 Å². The van der Waals surface area contributed by atoms with Crippen molar-refractivity contribution in [3.63, 3.8) is 0 Å². The predicted octanol–water partition coefficient (Wildman–Crippen LogP) is 4.21. The fraction of sp³-hybridized carbons (Fsp3) is 0.333. The molecule has 0 aliphatic heterocycles.